The van der Waals surface area contributed by atoms with Crippen LogP contribution in [0.3, 0.4) is 0 Å². The van der Waals surface area contributed by atoms with Crippen molar-refractivity contribution in [2.45, 2.75) is 100 Å². The summed E-state index contributed by atoms with van der Waals surface area (Å²) in [6, 6.07) is 9.88. The average molecular weight is 809 g/mol. The molecular weight excluding hydrogens is 764 g/mol. The molecule has 0 radical (unpaired) electrons. The van der Waals surface area contributed by atoms with Crippen molar-refractivity contribution in [3.05, 3.63) is 68.8 Å². The zero-order chi connectivity index (χ0) is 40.4. The molecule has 0 unspecified atom stereocenters. The second-order valence-electron chi connectivity index (χ2n) is 13.9. The van der Waals surface area contributed by atoms with E-state index in [1.165, 1.54) is 29.2 Å². The number of hydrogen-bond acceptors (Lipinski definition) is 14. The van der Waals surface area contributed by atoms with E-state index in [2.05, 4.69) is 0 Å². The number of aliphatic hydroxyl groups excluding tert-OH is 1. The number of rotatable bonds is 6. The van der Waals surface area contributed by atoms with E-state index in [1.54, 1.807) is 25.7 Å². The third-order valence-corrected chi connectivity index (χ3v) is 9.78. The van der Waals surface area contributed by atoms with Gasteiger partial charge in [-0.1, -0.05) is 24.3 Å². The Morgan fingerprint density at radius 1 is 0.755 bits per heavy atom. The van der Waals surface area contributed by atoms with Crippen LogP contribution in [0.4, 0.5) is 21.0 Å². The van der Waals surface area contributed by atoms with E-state index in [0.29, 0.717) is 32.5 Å². The number of nitro groups is 2. The largest absolute Gasteiger partial charge is 0.444 e. The van der Waals surface area contributed by atoms with Crippen molar-refractivity contribution in [1.29, 1.82) is 0 Å². The van der Waals surface area contributed by atoms with Crippen LogP contribution in [-0.4, -0.2) is 103 Å². The molecule has 0 spiro atoms. The van der Waals surface area contributed by atoms with Crippen LogP contribution in [0.2, 0.25) is 0 Å². The summed E-state index contributed by atoms with van der Waals surface area (Å²) in [6.07, 6.45) is 0.525. The highest BCUT2D eigenvalue weighted by Crippen LogP contribution is 2.28. The molecule has 2 saturated heterocycles. The SMILES string of the molecule is CC(C)(C)OC(=O)N1CCC[C@@H](O)C1.CC(C)(C)OC(=O)N1CCC[C@@H](OS(=O)(=O)c2ccccc2[N+](=O)[O-])C1.O=[N+]([O-])c1ccccc1S(=O)(=O)Cl. The van der Waals surface area contributed by atoms with Gasteiger partial charge in [-0.25, -0.2) is 18.0 Å². The monoisotopic (exact) mass is 808 g/mol. The molecule has 2 atom stereocenters. The van der Waals surface area contributed by atoms with E-state index in [4.69, 9.17) is 24.3 Å². The van der Waals surface area contributed by atoms with Crippen LogP contribution < -0.4 is 0 Å². The lowest BCUT2D eigenvalue weighted by Crippen LogP contribution is -2.45. The lowest BCUT2D eigenvalue weighted by Gasteiger charge is -2.33. The zero-order valence-electron chi connectivity index (χ0n) is 30.2. The van der Waals surface area contributed by atoms with E-state index in [9.17, 15) is 51.8 Å². The van der Waals surface area contributed by atoms with Gasteiger partial charge in [0.25, 0.3) is 20.4 Å². The van der Waals surface area contributed by atoms with Crippen LogP contribution in [0.5, 0.6) is 0 Å². The minimum Gasteiger partial charge on any atom is -0.444 e. The van der Waals surface area contributed by atoms with Crippen molar-refractivity contribution in [3.63, 3.8) is 0 Å². The van der Waals surface area contributed by atoms with Crippen molar-refractivity contribution in [1.82, 2.24) is 9.80 Å². The highest BCUT2D eigenvalue weighted by atomic mass is 35.7. The number of β-amino-alcohol motifs (C(OH)–C–C–N with tert-alkyl or cyclic N) is 1. The third-order valence-electron chi connectivity index (χ3n) is 7.00. The summed E-state index contributed by atoms with van der Waals surface area (Å²) < 4.78 is 62.2. The fourth-order valence-corrected chi connectivity index (χ4v) is 7.11. The Bertz CT molecular complexity index is 1830. The number of ether oxygens (including phenoxy) is 2. The van der Waals surface area contributed by atoms with Crippen LogP contribution in [0.25, 0.3) is 0 Å². The minimum absolute atomic E-state index is 0.0365. The topological polar surface area (TPSA) is 243 Å². The van der Waals surface area contributed by atoms with Crippen LogP contribution in [0.15, 0.2) is 58.3 Å². The van der Waals surface area contributed by atoms with Gasteiger partial charge in [0, 0.05) is 42.4 Å². The molecule has 296 valence electrons. The predicted octanol–water partition coefficient (Wildman–Crippen LogP) is 5.60. The fraction of sp³-hybridized carbons (Fsp3) is 0.562. The molecule has 2 aromatic rings. The molecule has 2 fully saturated rings. The van der Waals surface area contributed by atoms with E-state index < -0.39 is 79.7 Å². The maximum atomic E-state index is 12.5. The van der Waals surface area contributed by atoms with Gasteiger partial charge in [-0.3, -0.25) is 24.4 Å². The molecule has 2 aliphatic heterocycles. The van der Waals surface area contributed by atoms with Crippen molar-refractivity contribution in [2.24, 2.45) is 0 Å². The Hall–Kier alpha value is -4.11. The second kappa shape index (κ2) is 18.8. The Balaban J connectivity index is 0.000000303. The molecule has 4 rings (SSSR count). The number of nitrogens with zero attached hydrogens (tertiary/aromatic N) is 4. The van der Waals surface area contributed by atoms with Gasteiger partial charge in [0.1, 0.15) is 11.2 Å². The second-order valence-corrected chi connectivity index (χ2v) is 17.9. The number of aliphatic hydroxyl groups is 1. The maximum Gasteiger partial charge on any atom is 0.410 e. The van der Waals surface area contributed by atoms with Crippen LogP contribution in [0, 0.1) is 20.2 Å². The van der Waals surface area contributed by atoms with Gasteiger partial charge < -0.3 is 24.4 Å². The number of nitro benzene ring substituents is 2. The van der Waals surface area contributed by atoms with Gasteiger partial charge >= 0.3 is 22.3 Å². The van der Waals surface area contributed by atoms with Gasteiger partial charge in [0.2, 0.25) is 0 Å². The number of para-hydroxylation sites is 2. The normalized spacial score (nSPS) is 18.0. The van der Waals surface area contributed by atoms with Gasteiger partial charge in [-0.05, 0) is 79.4 Å². The summed E-state index contributed by atoms with van der Waals surface area (Å²) in [5, 5.41) is 30.8. The molecule has 0 bridgehead atoms. The molecule has 2 aliphatic rings. The first-order valence-electron chi connectivity index (χ1n) is 16.3. The lowest BCUT2D eigenvalue weighted by atomic mass is 10.1. The first kappa shape index (κ1) is 45.0. The number of likely N-dealkylation sites (tertiary alicyclic amines) is 2. The molecule has 2 heterocycles. The summed E-state index contributed by atoms with van der Waals surface area (Å²) in [4.78, 5) is 45.5. The number of amides is 2. The standard InChI is InChI=1S/C16H22N2O7S.C10H19NO3.C6H4ClNO4S/c1-16(2,3)24-15(19)17-10-6-7-12(11-17)25-26(22,23)14-9-5-4-8-13(14)18(20)21;1-10(2,3)14-9(13)11-6-4-5-8(12)7-11;7-13(11,12)6-4-2-1-3-5(6)8(9)10/h4-5,8-9,12H,6-7,10-11H2,1-3H3;8,12H,4-7H2,1-3H3;1-4H/t12-;8-;/m11./s1. The first-order chi connectivity index (χ1) is 24.3. The molecular formula is C32H45ClN4O14S2. The number of carbonyl (C=O) groups is 2. The van der Waals surface area contributed by atoms with Crippen molar-refractivity contribution < 1.29 is 55.0 Å². The molecule has 53 heavy (non-hydrogen) atoms. The van der Waals surface area contributed by atoms with Gasteiger partial charge in [-0.2, -0.15) is 8.42 Å². The van der Waals surface area contributed by atoms with Crippen LogP contribution in [0.1, 0.15) is 67.2 Å². The number of carbonyl (C=O) groups excluding carboxylic acids is 2. The van der Waals surface area contributed by atoms with Gasteiger partial charge in [0.05, 0.1) is 28.6 Å². The number of benzene rings is 2. The van der Waals surface area contributed by atoms with Crippen LogP contribution in [-0.2, 0) is 32.8 Å². The summed E-state index contributed by atoms with van der Waals surface area (Å²) in [6.45, 7) is 12.3. The smallest absolute Gasteiger partial charge is 0.410 e. The third kappa shape index (κ3) is 15.4. The molecule has 1 N–H and O–H groups in total. The Kier molecular flexibility index (Phi) is 16.0. The summed E-state index contributed by atoms with van der Waals surface area (Å²) in [5.74, 6) is 0. The summed E-state index contributed by atoms with van der Waals surface area (Å²) in [7, 11) is -3.41. The minimum atomic E-state index is -4.34. The highest BCUT2D eigenvalue weighted by molar-refractivity contribution is 8.13. The summed E-state index contributed by atoms with van der Waals surface area (Å²) in [5.41, 5.74) is -2.19. The average Bonchev–Trinajstić information content (AvgIpc) is 3.03. The molecule has 0 aliphatic carbocycles. The van der Waals surface area contributed by atoms with E-state index in [-0.39, 0.29) is 12.6 Å². The molecule has 0 aromatic heterocycles. The number of piperidine rings is 2. The van der Waals surface area contributed by atoms with E-state index in [0.717, 1.165) is 37.1 Å². The predicted molar refractivity (Wildman–Crippen MR) is 191 cm³/mol. The fourth-order valence-electron chi connectivity index (χ4n) is 4.82. The van der Waals surface area contributed by atoms with Crippen LogP contribution >= 0.6 is 10.7 Å². The Morgan fingerprint density at radius 3 is 1.58 bits per heavy atom. The van der Waals surface area contributed by atoms with Gasteiger partial charge in [0.15, 0.2) is 9.79 Å². The molecule has 2 aromatic carbocycles. The van der Waals surface area contributed by atoms with E-state index >= 15 is 0 Å². The number of hydrogen-bond donors (Lipinski definition) is 1. The lowest BCUT2D eigenvalue weighted by molar-refractivity contribution is -0.388. The molecule has 21 heteroatoms. The molecule has 18 nitrogen and oxygen atoms in total. The molecule has 0 saturated carbocycles. The highest BCUT2D eigenvalue weighted by Gasteiger charge is 2.34. The quantitative estimate of drug-likeness (QED) is 0.162. The zero-order valence-corrected chi connectivity index (χ0v) is 32.6. The van der Waals surface area contributed by atoms with Crippen molar-refractivity contribution in [2.75, 3.05) is 26.2 Å². The Labute approximate surface area is 312 Å². The van der Waals surface area contributed by atoms with Crippen molar-refractivity contribution >= 4 is 53.4 Å². The Morgan fingerprint density at radius 2 is 1.17 bits per heavy atom. The van der Waals surface area contributed by atoms with E-state index in [1.807, 2.05) is 20.8 Å². The van der Waals surface area contributed by atoms with Gasteiger partial charge in [-0.15, -0.1) is 0 Å². The molecule has 2 amide bonds. The maximum absolute atomic E-state index is 12.5. The number of halogens is 1. The summed E-state index contributed by atoms with van der Waals surface area (Å²) >= 11 is 0. The van der Waals surface area contributed by atoms with Crippen molar-refractivity contribution in [3.8, 4) is 0 Å². The first-order valence-corrected chi connectivity index (χ1v) is 20.0.